The Kier molecular flexibility index (Phi) is 4.12. The van der Waals surface area contributed by atoms with Gasteiger partial charge in [-0.05, 0) is 50.1 Å². The highest BCUT2D eigenvalue weighted by molar-refractivity contribution is 6.08. The van der Waals surface area contributed by atoms with E-state index in [0.717, 1.165) is 29.0 Å². The highest BCUT2D eigenvalue weighted by Crippen LogP contribution is 2.42. The van der Waals surface area contributed by atoms with Gasteiger partial charge in [0.25, 0.3) is 0 Å². The van der Waals surface area contributed by atoms with E-state index in [1.165, 1.54) is 0 Å². The average molecular weight is 309 g/mol. The molecule has 1 aliphatic rings. The molecule has 2 aromatic carbocycles. The molecular weight excluding hydrogens is 286 g/mol. The van der Waals surface area contributed by atoms with Gasteiger partial charge in [-0.2, -0.15) is 0 Å². The molecule has 1 heterocycles. The fraction of sp³-hybridized carbons (Fsp3) is 0.350. The summed E-state index contributed by atoms with van der Waals surface area (Å²) >= 11 is 0. The maximum atomic E-state index is 13.1. The van der Waals surface area contributed by atoms with Crippen molar-refractivity contribution in [1.82, 2.24) is 0 Å². The lowest BCUT2D eigenvalue weighted by molar-refractivity contribution is 0.0917. The number of ether oxygens (including phenoxy) is 1. The molecule has 0 bridgehead atoms. The Labute approximate surface area is 137 Å². The zero-order valence-corrected chi connectivity index (χ0v) is 13.9. The number of carbonyl (C=O) groups excluding carboxylic acids is 1. The predicted molar refractivity (Wildman–Crippen MR) is 93.4 cm³/mol. The van der Waals surface area contributed by atoms with Gasteiger partial charge in [-0.3, -0.25) is 4.79 Å². The summed E-state index contributed by atoms with van der Waals surface area (Å²) in [7, 11) is 0. The van der Waals surface area contributed by atoms with E-state index < -0.39 is 0 Å². The van der Waals surface area contributed by atoms with Gasteiger partial charge in [0.15, 0.2) is 5.78 Å². The average Bonchev–Trinajstić information content (AvgIpc) is 2.57. The maximum Gasteiger partial charge on any atom is 0.174 e. The molecule has 23 heavy (non-hydrogen) atoms. The van der Waals surface area contributed by atoms with Crippen LogP contribution in [0.15, 0.2) is 48.5 Å². The number of hydrogen-bond acceptors (Lipinski definition) is 3. The van der Waals surface area contributed by atoms with E-state index in [0.29, 0.717) is 6.61 Å². The predicted octanol–water partition coefficient (Wildman–Crippen LogP) is 4.65. The molecule has 120 valence electrons. The Morgan fingerprint density at radius 2 is 1.78 bits per heavy atom. The molecule has 0 aliphatic carbocycles. The molecule has 0 radical (unpaired) electrons. The van der Waals surface area contributed by atoms with Gasteiger partial charge in [0.05, 0.1) is 12.5 Å². The minimum atomic E-state index is -0.293. The normalized spacial score (nSPS) is 23.1. The molecule has 0 saturated carbocycles. The van der Waals surface area contributed by atoms with E-state index in [1.54, 1.807) is 0 Å². The summed E-state index contributed by atoms with van der Waals surface area (Å²) in [5, 5.41) is 3.59. The zero-order chi connectivity index (χ0) is 16.4. The lowest BCUT2D eigenvalue weighted by atomic mass is 9.71. The minimum absolute atomic E-state index is 0.188. The van der Waals surface area contributed by atoms with Gasteiger partial charge in [0.2, 0.25) is 0 Å². The second-order valence-corrected chi connectivity index (χ2v) is 6.24. The molecule has 0 amide bonds. The van der Waals surface area contributed by atoms with Crippen molar-refractivity contribution in [3.05, 3.63) is 59.7 Å². The molecule has 0 aromatic heterocycles. The number of hydrogen-bond donors (Lipinski definition) is 1. The van der Waals surface area contributed by atoms with Crippen molar-refractivity contribution < 1.29 is 9.53 Å². The maximum absolute atomic E-state index is 13.1. The first-order chi connectivity index (χ1) is 11.1. The summed E-state index contributed by atoms with van der Waals surface area (Å²) in [6.45, 7) is 6.86. The van der Waals surface area contributed by atoms with Crippen LogP contribution in [0.2, 0.25) is 0 Å². The quantitative estimate of drug-likeness (QED) is 0.893. The molecule has 1 N–H and O–H groups in total. The van der Waals surface area contributed by atoms with E-state index >= 15 is 0 Å². The minimum Gasteiger partial charge on any atom is -0.494 e. The number of ketones is 1. The van der Waals surface area contributed by atoms with Gasteiger partial charge >= 0.3 is 0 Å². The number of Topliss-reactive ketones (excluding diaryl/α,β-unsaturated/α-hetero) is 1. The van der Waals surface area contributed by atoms with Gasteiger partial charge in [-0.1, -0.05) is 31.2 Å². The lowest BCUT2D eigenvalue weighted by Crippen LogP contribution is -2.48. The highest BCUT2D eigenvalue weighted by atomic mass is 16.5. The number of para-hydroxylation sites is 1. The van der Waals surface area contributed by atoms with Crippen LogP contribution in [-0.2, 0) is 0 Å². The Morgan fingerprint density at radius 3 is 2.43 bits per heavy atom. The van der Waals surface area contributed by atoms with Gasteiger partial charge in [-0.15, -0.1) is 0 Å². The first-order valence-corrected chi connectivity index (χ1v) is 8.23. The second-order valence-electron chi connectivity index (χ2n) is 6.24. The van der Waals surface area contributed by atoms with Crippen LogP contribution in [0.3, 0.4) is 0 Å². The Bertz CT molecular complexity index is 708. The van der Waals surface area contributed by atoms with E-state index in [9.17, 15) is 4.79 Å². The van der Waals surface area contributed by atoms with E-state index in [2.05, 4.69) is 19.2 Å². The summed E-state index contributed by atoms with van der Waals surface area (Å²) in [6.07, 6.45) is 0.866. The number of carbonyl (C=O) groups is 1. The molecule has 2 aromatic rings. The van der Waals surface area contributed by atoms with Crippen molar-refractivity contribution >= 4 is 11.5 Å². The van der Waals surface area contributed by atoms with Crippen LogP contribution >= 0.6 is 0 Å². The van der Waals surface area contributed by atoms with Crippen molar-refractivity contribution in [2.45, 2.75) is 38.6 Å². The van der Waals surface area contributed by atoms with Crippen LogP contribution < -0.4 is 10.1 Å². The largest absolute Gasteiger partial charge is 0.494 e. The zero-order valence-electron chi connectivity index (χ0n) is 13.9. The topological polar surface area (TPSA) is 38.3 Å². The van der Waals surface area contributed by atoms with Crippen LogP contribution in [-0.4, -0.2) is 17.9 Å². The molecule has 1 aliphatic heterocycles. The summed E-state index contributed by atoms with van der Waals surface area (Å²) in [5.74, 6) is 0.831. The first-order valence-electron chi connectivity index (χ1n) is 8.23. The van der Waals surface area contributed by atoms with Crippen LogP contribution in [0.1, 0.15) is 49.0 Å². The molecule has 3 heteroatoms. The van der Waals surface area contributed by atoms with E-state index in [-0.39, 0.29) is 17.2 Å². The van der Waals surface area contributed by atoms with E-state index in [4.69, 9.17) is 4.74 Å². The molecule has 0 saturated heterocycles. The number of benzene rings is 2. The van der Waals surface area contributed by atoms with Crippen molar-refractivity contribution in [1.29, 1.82) is 0 Å². The molecule has 2 atom stereocenters. The van der Waals surface area contributed by atoms with E-state index in [1.807, 2.05) is 55.5 Å². The number of anilines is 1. The first kappa shape index (κ1) is 15.6. The SMILES string of the molecule is CCOc1ccc([C@@H]2C(=O)c3ccccc3N[C@]2(C)CC)cc1. The molecule has 0 fully saturated rings. The Hall–Kier alpha value is -2.29. The van der Waals surface area contributed by atoms with Gasteiger partial charge < -0.3 is 10.1 Å². The summed E-state index contributed by atoms with van der Waals surface area (Å²) < 4.78 is 5.51. The van der Waals surface area contributed by atoms with Crippen LogP contribution in [0, 0.1) is 0 Å². The third kappa shape index (κ3) is 2.72. The molecule has 0 spiro atoms. The fourth-order valence-electron chi connectivity index (χ4n) is 3.37. The lowest BCUT2D eigenvalue weighted by Gasteiger charge is -2.42. The van der Waals surface area contributed by atoms with Crippen molar-refractivity contribution in [3.63, 3.8) is 0 Å². The summed E-state index contributed by atoms with van der Waals surface area (Å²) in [6, 6.07) is 15.7. The summed E-state index contributed by atoms with van der Waals surface area (Å²) in [5.41, 5.74) is 2.45. The number of fused-ring (bicyclic) bond motifs is 1. The monoisotopic (exact) mass is 309 g/mol. The van der Waals surface area contributed by atoms with Crippen LogP contribution in [0.4, 0.5) is 5.69 Å². The summed E-state index contributed by atoms with van der Waals surface area (Å²) in [4.78, 5) is 13.1. The third-order valence-electron chi connectivity index (χ3n) is 4.77. The van der Waals surface area contributed by atoms with Gasteiger partial charge in [0.1, 0.15) is 5.75 Å². The molecule has 3 nitrogen and oxygen atoms in total. The molecule has 3 rings (SSSR count). The smallest absolute Gasteiger partial charge is 0.174 e. The van der Waals surface area contributed by atoms with Crippen LogP contribution in [0.5, 0.6) is 5.75 Å². The number of nitrogens with one attached hydrogen (secondary N) is 1. The fourth-order valence-corrected chi connectivity index (χ4v) is 3.37. The number of rotatable bonds is 4. The second kappa shape index (κ2) is 6.07. The van der Waals surface area contributed by atoms with Crippen molar-refractivity contribution in [2.24, 2.45) is 0 Å². The van der Waals surface area contributed by atoms with Gasteiger partial charge in [0, 0.05) is 16.8 Å². The molecule has 0 unspecified atom stereocenters. The Balaban J connectivity index is 2.03. The van der Waals surface area contributed by atoms with Gasteiger partial charge in [-0.25, -0.2) is 0 Å². The van der Waals surface area contributed by atoms with Crippen molar-refractivity contribution in [3.8, 4) is 5.75 Å². The standard InChI is InChI=1S/C20H23NO2/c1-4-20(3)18(14-10-12-15(13-11-14)23-5-2)19(22)16-8-6-7-9-17(16)21-20/h6-13,18,21H,4-5H2,1-3H3/t18-,20-/m1/s1. The molecular formula is C20H23NO2. The Morgan fingerprint density at radius 1 is 1.09 bits per heavy atom. The highest BCUT2D eigenvalue weighted by Gasteiger charge is 2.43. The third-order valence-corrected chi connectivity index (χ3v) is 4.77. The van der Waals surface area contributed by atoms with Crippen LogP contribution in [0.25, 0.3) is 0 Å². The van der Waals surface area contributed by atoms with Crippen molar-refractivity contribution in [2.75, 3.05) is 11.9 Å².